The van der Waals surface area contributed by atoms with E-state index in [1.165, 1.54) is 12.1 Å². The van der Waals surface area contributed by atoms with Crippen LogP contribution in [0.25, 0.3) is 0 Å². The van der Waals surface area contributed by atoms with Crippen molar-refractivity contribution in [2.45, 2.75) is 13.5 Å². The van der Waals surface area contributed by atoms with Crippen LogP contribution < -0.4 is 5.32 Å². The van der Waals surface area contributed by atoms with Crippen LogP contribution in [0.15, 0.2) is 40.9 Å². The lowest BCUT2D eigenvalue weighted by molar-refractivity contribution is 0.471. The zero-order valence-corrected chi connectivity index (χ0v) is 11.5. The molecular weight excluding hydrogens is 297 g/mol. The van der Waals surface area contributed by atoms with Gasteiger partial charge in [-0.15, -0.1) is 0 Å². The Labute approximate surface area is 114 Å². The molecule has 2 nitrogen and oxygen atoms in total. The number of halogens is 2. The lowest BCUT2D eigenvalue weighted by Gasteiger charge is -2.09. The lowest BCUT2D eigenvalue weighted by atomic mass is 10.2. The summed E-state index contributed by atoms with van der Waals surface area (Å²) in [4.78, 5) is 0. The minimum absolute atomic E-state index is 0.262. The number of phenols is 1. The number of aromatic hydroxyl groups is 1. The van der Waals surface area contributed by atoms with Gasteiger partial charge in [-0.3, -0.25) is 0 Å². The van der Waals surface area contributed by atoms with Crippen molar-refractivity contribution in [2.24, 2.45) is 0 Å². The van der Waals surface area contributed by atoms with Crippen LogP contribution in [0.4, 0.5) is 10.1 Å². The summed E-state index contributed by atoms with van der Waals surface area (Å²) in [5.74, 6) is -0.00298. The van der Waals surface area contributed by atoms with Crippen LogP contribution in [0.2, 0.25) is 0 Å². The highest BCUT2D eigenvalue weighted by Gasteiger charge is 2.02. The molecule has 18 heavy (non-hydrogen) atoms. The molecule has 0 amide bonds. The summed E-state index contributed by atoms with van der Waals surface area (Å²) in [5, 5.41) is 12.8. The van der Waals surface area contributed by atoms with Crippen LogP contribution in [-0.4, -0.2) is 5.11 Å². The molecule has 0 spiro atoms. The third kappa shape index (κ3) is 3.01. The third-order valence-corrected chi connectivity index (χ3v) is 3.45. The maximum atomic E-state index is 12.9. The first kappa shape index (κ1) is 12.9. The van der Waals surface area contributed by atoms with Crippen molar-refractivity contribution < 1.29 is 9.50 Å². The van der Waals surface area contributed by atoms with Crippen LogP contribution in [-0.2, 0) is 6.54 Å². The quantitative estimate of drug-likeness (QED) is 0.890. The molecule has 0 radical (unpaired) electrons. The van der Waals surface area contributed by atoms with E-state index in [0.29, 0.717) is 6.54 Å². The third-order valence-electron chi connectivity index (χ3n) is 2.71. The second kappa shape index (κ2) is 5.40. The summed E-state index contributed by atoms with van der Waals surface area (Å²) in [6.45, 7) is 2.40. The van der Waals surface area contributed by atoms with Gasteiger partial charge in [-0.25, -0.2) is 4.39 Å². The van der Waals surface area contributed by atoms with E-state index in [0.717, 1.165) is 21.3 Å². The number of aryl methyl sites for hydroxylation is 1. The highest BCUT2D eigenvalue weighted by molar-refractivity contribution is 9.10. The zero-order valence-electron chi connectivity index (χ0n) is 9.87. The molecule has 0 aliphatic rings. The number of hydrogen-bond donors (Lipinski definition) is 2. The Morgan fingerprint density at radius 1 is 1.22 bits per heavy atom. The fourth-order valence-corrected chi connectivity index (χ4v) is 2.07. The molecule has 2 aromatic carbocycles. The van der Waals surface area contributed by atoms with Crippen LogP contribution in [0.5, 0.6) is 5.75 Å². The van der Waals surface area contributed by atoms with E-state index < -0.39 is 0 Å². The van der Waals surface area contributed by atoms with Gasteiger partial charge in [0.15, 0.2) is 0 Å². The summed E-state index contributed by atoms with van der Waals surface area (Å²) >= 11 is 3.32. The van der Waals surface area contributed by atoms with Gasteiger partial charge in [0.2, 0.25) is 0 Å². The van der Waals surface area contributed by atoms with Crippen molar-refractivity contribution in [3.05, 3.63) is 57.8 Å². The van der Waals surface area contributed by atoms with Gasteiger partial charge >= 0.3 is 0 Å². The van der Waals surface area contributed by atoms with Gasteiger partial charge in [0.05, 0.1) is 0 Å². The second-order valence-electron chi connectivity index (χ2n) is 4.09. The summed E-state index contributed by atoms with van der Waals surface area (Å²) in [6, 6.07) is 10.00. The summed E-state index contributed by atoms with van der Waals surface area (Å²) in [7, 11) is 0. The Morgan fingerprint density at radius 2 is 2.00 bits per heavy atom. The molecule has 0 bridgehead atoms. The Morgan fingerprint density at radius 3 is 2.67 bits per heavy atom. The van der Waals surface area contributed by atoms with Gasteiger partial charge in [-0.1, -0.05) is 28.1 Å². The number of anilines is 1. The highest BCUT2D eigenvalue weighted by atomic mass is 79.9. The van der Waals surface area contributed by atoms with E-state index in [9.17, 15) is 9.50 Å². The molecule has 0 fully saturated rings. The SMILES string of the molecule is Cc1ccc(NCc2ccc(F)cc2Br)cc1O. The monoisotopic (exact) mass is 309 g/mol. The molecule has 4 heteroatoms. The van der Waals surface area contributed by atoms with Crippen molar-refractivity contribution in [3.63, 3.8) is 0 Å². The molecule has 0 saturated heterocycles. The Balaban J connectivity index is 2.09. The van der Waals surface area contributed by atoms with Gasteiger partial charge in [-0.2, -0.15) is 0 Å². The average Bonchev–Trinajstić information content (AvgIpc) is 2.32. The molecule has 0 aliphatic heterocycles. The molecule has 2 aromatic rings. The van der Waals surface area contributed by atoms with Gasteiger partial charge in [0, 0.05) is 22.8 Å². The van der Waals surface area contributed by atoms with E-state index in [2.05, 4.69) is 21.2 Å². The number of nitrogens with one attached hydrogen (secondary N) is 1. The smallest absolute Gasteiger partial charge is 0.124 e. The van der Waals surface area contributed by atoms with Crippen molar-refractivity contribution in [1.82, 2.24) is 0 Å². The number of hydrogen-bond acceptors (Lipinski definition) is 2. The van der Waals surface area contributed by atoms with Crippen LogP contribution in [0.1, 0.15) is 11.1 Å². The summed E-state index contributed by atoms with van der Waals surface area (Å²) in [5.41, 5.74) is 2.62. The van der Waals surface area contributed by atoms with Crippen LogP contribution >= 0.6 is 15.9 Å². The van der Waals surface area contributed by atoms with E-state index in [-0.39, 0.29) is 11.6 Å². The average molecular weight is 310 g/mol. The van der Waals surface area contributed by atoms with Gasteiger partial charge < -0.3 is 10.4 Å². The van der Waals surface area contributed by atoms with Gasteiger partial charge in [0.1, 0.15) is 11.6 Å². The van der Waals surface area contributed by atoms with E-state index in [1.807, 2.05) is 19.1 Å². The first-order chi connectivity index (χ1) is 8.56. The maximum Gasteiger partial charge on any atom is 0.124 e. The Hall–Kier alpha value is -1.55. The second-order valence-corrected chi connectivity index (χ2v) is 4.94. The van der Waals surface area contributed by atoms with Crippen LogP contribution in [0, 0.1) is 12.7 Å². The largest absolute Gasteiger partial charge is 0.508 e. The van der Waals surface area contributed by atoms with Crippen LogP contribution in [0.3, 0.4) is 0 Å². The van der Waals surface area contributed by atoms with E-state index >= 15 is 0 Å². The number of phenolic OH excluding ortho intramolecular Hbond substituents is 1. The lowest BCUT2D eigenvalue weighted by Crippen LogP contribution is -2.00. The molecule has 2 N–H and O–H groups in total. The molecule has 0 unspecified atom stereocenters. The van der Waals surface area contributed by atoms with Crippen molar-refractivity contribution in [2.75, 3.05) is 5.32 Å². The highest BCUT2D eigenvalue weighted by Crippen LogP contribution is 2.23. The van der Waals surface area contributed by atoms with Gasteiger partial charge in [0.25, 0.3) is 0 Å². The first-order valence-corrected chi connectivity index (χ1v) is 6.33. The summed E-state index contributed by atoms with van der Waals surface area (Å²) in [6.07, 6.45) is 0. The molecule has 94 valence electrons. The Kier molecular flexibility index (Phi) is 3.87. The molecular formula is C14H13BrFNO. The fourth-order valence-electron chi connectivity index (χ4n) is 1.58. The fraction of sp³-hybridized carbons (Fsp3) is 0.143. The predicted molar refractivity (Wildman–Crippen MR) is 74.3 cm³/mol. The van der Waals surface area contributed by atoms with Gasteiger partial charge in [-0.05, 0) is 36.2 Å². The van der Waals surface area contributed by atoms with Crippen molar-refractivity contribution in [3.8, 4) is 5.75 Å². The molecule has 2 rings (SSSR count). The minimum atomic E-state index is -0.265. The maximum absolute atomic E-state index is 12.9. The number of benzene rings is 2. The zero-order chi connectivity index (χ0) is 13.1. The number of rotatable bonds is 3. The minimum Gasteiger partial charge on any atom is -0.508 e. The molecule has 0 saturated carbocycles. The molecule has 0 aromatic heterocycles. The molecule has 0 atom stereocenters. The summed E-state index contributed by atoms with van der Waals surface area (Å²) < 4.78 is 13.7. The first-order valence-electron chi connectivity index (χ1n) is 5.53. The standard InChI is InChI=1S/C14H13BrFNO/c1-9-2-5-12(7-14(9)18)17-8-10-3-4-11(16)6-13(10)15/h2-7,17-18H,8H2,1H3. The predicted octanol–water partition coefficient (Wildman–Crippen LogP) is 4.21. The van der Waals surface area contributed by atoms with Crippen molar-refractivity contribution >= 4 is 21.6 Å². The van der Waals surface area contributed by atoms with Crippen molar-refractivity contribution in [1.29, 1.82) is 0 Å². The normalized spacial score (nSPS) is 10.4. The van der Waals surface area contributed by atoms with E-state index in [4.69, 9.17) is 0 Å². The van der Waals surface area contributed by atoms with E-state index in [1.54, 1.807) is 12.1 Å². The molecule has 0 aliphatic carbocycles. The molecule has 0 heterocycles. The topological polar surface area (TPSA) is 32.3 Å². The Bertz CT molecular complexity index is 572.